The van der Waals surface area contributed by atoms with Gasteiger partial charge in [-0.2, -0.15) is 0 Å². The van der Waals surface area contributed by atoms with Gasteiger partial charge in [-0.25, -0.2) is 4.79 Å². The van der Waals surface area contributed by atoms with Crippen LogP contribution in [0.25, 0.3) is 10.9 Å². The largest absolute Gasteiger partial charge is 0.451 e. The number of Topliss-reactive ketones (excluding diaryl/α,β-unsaturated/α-hetero) is 1. The minimum Gasteiger partial charge on any atom is -0.451 e. The predicted molar refractivity (Wildman–Crippen MR) is 86.9 cm³/mol. The second kappa shape index (κ2) is 6.89. The van der Waals surface area contributed by atoms with Crippen LogP contribution < -0.4 is 0 Å². The SMILES string of the molecule is C/C=C/C=C/C(=O)OC(C)C(=O)c1c(C)[nH]c2ccccc12. The molecule has 0 bridgehead atoms. The number of H-pyrrole nitrogens is 1. The van der Waals surface area contributed by atoms with Gasteiger partial charge in [-0.05, 0) is 26.8 Å². The van der Waals surface area contributed by atoms with E-state index < -0.39 is 12.1 Å². The zero-order valence-electron chi connectivity index (χ0n) is 12.9. The number of ether oxygens (including phenoxy) is 1. The number of benzene rings is 1. The zero-order valence-corrected chi connectivity index (χ0v) is 12.9. The minimum atomic E-state index is -0.833. The lowest BCUT2D eigenvalue weighted by Gasteiger charge is -2.11. The number of aromatic nitrogens is 1. The molecule has 0 radical (unpaired) electrons. The summed E-state index contributed by atoms with van der Waals surface area (Å²) in [4.78, 5) is 27.4. The van der Waals surface area contributed by atoms with Crippen molar-refractivity contribution >= 4 is 22.7 Å². The number of aromatic amines is 1. The number of aryl methyl sites for hydroxylation is 1. The van der Waals surface area contributed by atoms with Gasteiger partial charge < -0.3 is 9.72 Å². The van der Waals surface area contributed by atoms with Gasteiger partial charge in [0.2, 0.25) is 5.78 Å². The summed E-state index contributed by atoms with van der Waals surface area (Å²) >= 11 is 0. The molecule has 2 aromatic rings. The van der Waals surface area contributed by atoms with Crippen LogP contribution in [0.3, 0.4) is 0 Å². The Labute approximate surface area is 129 Å². The van der Waals surface area contributed by atoms with Crippen molar-refractivity contribution in [1.29, 1.82) is 0 Å². The van der Waals surface area contributed by atoms with Crippen molar-refractivity contribution < 1.29 is 14.3 Å². The van der Waals surface area contributed by atoms with Crippen molar-refractivity contribution in [2.75, 3.05) is 0 Å². The van der Waals surface area contributed by atoms with E-state index in [0.29, 0.717) is 5.56 Å². The molecule has 1 aromatic heterocycles. The van der Waals surface area contributed by atoms with Crippen molar-refractivity contribution in [3.63, 3.8) is 0 Å². The Bertz CT molecular complexity index is 753. The molecule has 0 saturated carbocycles. The zero-order chi connectivity index (χ0) is 16.1. The van der Waals surface area contributed by atoms with E-state index in [2.05, 4.69) is 4.98 Å². The molecule has 0 aliphatic heterocycles. The van der Waals surface area contributed by atoms with E-state index in [1.54, 1.807) is 25.2 Å². The molecular weight excluding hydrogens is 278 g/mol. The minimum absolute atomic E-state index is 0.206. The first-order chi connectivity index (χ1) is 10.5. The van der Waals surface area contributed by atoms with Gasteiger partial charge in [-0.1, -0.05) is 36.4 Å². The average Bonchev–Trinajstić information content (AvgIpc) is 2.82. The van der Waals surface area contributed by atoms with Gasteiger partial charge in [-0.3, -0.25) is 4.79 Å². The molecule has 1 atom stereocenters. The van der Waals surface area contributed by atoms with E-state index in [-0.39, 0.29) is 5.78 Å². The first-order valence-corrected chi connectivity index (χ1v) is 7.16. The first kappa shape index (κ1) is 15.8. The summed E-state index contributed by atoms with van der Waals surface area (Å²) < 4.78 is 5.16. The van der Waals surface area contributed by atoms with Crippen LogP contribution in [-0.2, 0) is 9.53 Å². The monoisotopic (exact) mass is 297 g/mol. The highest BCUT2D eigenvalue weighted by Crippen LogP contribution is 2.23. The summed E-state index contributed by atoms with van der Waals surface area (Å²) in [5, 5.41) is 0.845. The van der Waals surface area contributed by atoms with Crippen LogP contribution >= 0.6 is 0 Å². The number of fused-ring (bicyclic) bond motifs is 1. The maximum atomic E-state index is 12.6. The fraction of sp³-hybridized carbons (Fsp3) is 0.222. The molecule has 0 fully saturated rings. The van der Waals surface area contributed by atoms with Crippen LogP contribution in [0.5, 0.6) is 0 Å². The van der Waals surface area contributed by atoms with E-state index in [1.165, 1.54) is 6.08 Å². The third kappa shape index (κ3) is 3.34. The summed E-state index contributed by atoms with van der Waals surface area (Å²) in [5.41, 5.74) is 2.25. The van der Waals surface area contributed by atoms with Crippen molar-refractivity contribution in [3.05, 3.63) is 59.8 Å². The predicted octanol–water partition coefficient (Wildman–Crippen LogP) is 3.72. The molecule has 0 saturated heterocycles. The number of nitrogens with one attached hydrogen (secondary N) is 1. The second-order valence-corrected chi connectivity index (χ2v) is 5.00. The highest BCUT2D eigenvalue weighted by atomic mass is 16.5. The molecule has 4 heteroatoms. The van der Waals surface area contributed by atoms with Gasteiger partial charge in [0, 0.05) is 28.2 Å². The molecule has 1 heterocycles. The highest BCUT2D eigenvalue weighted by molar-refractivity contribution is 6.11. The van der Waals surface area contributed by atoms with Crippen LogP contribution in [-0.4, -0.2) is 22.8 Å². The Hall–Kier alpha value is -2.62. The van der Waals surface area contributed by atoms with Gasteiger partial charge in [0.15, 0.2) is 6.10 Å². The van der Waals surface area contributed by atoms with E-state index in [0.717, 1.165) is 16.6 Å². The molecule has 0 aliphatic rings. The van der Waals surface area contributed by atoms with E-state index >= 15 is 0 Å². The first-order valence-electron chi connectivity index (χ1n) is 7.16. The fourth-order valence-electron chi connectivity index (χ4n) is 2.31. The molecule has 1 aromatic carbocycles. The Morgan fingerprint density at radius 2 is 1.95 bits per heavy atom. The summed E-state index contributed by atoms with van der Waals surface area (Å²) in [6, 6.07) is 7.58. The summed E-state index contributed by atoms with van der Waals surface area (Å²) in [7, 11) is 0. The third-order valence-electron chi connectivity index (χ3n) is 3.34. The van der Waals surface area contributed by atoms with Crippen LogP contribution in [0.1, 0.15) is 29.9 Å². The van der Waals surface area contributed by atoms with E-state index in [9.17, 15) is 9.59 Å². The molecule has 0 spiro atoms. The molecular formula is C18H19NO3. The number of hydrogen-bond donors (Lipinski definition) is 1. The van der Waals surface area contributed by atoms with Gasteiger partial charge in [0.25, 0.3) is 0 Å². The Morgan fingerprint density at radius 3 is 2.68 bits per heavy atom. The molecule has 22 heavy (non-hydrogen) atoms. The van der Waals surface area contributed by atoms with Crippen molar-refractivity contribution in [1.82, 2.24) is 4.98 Å². The number of esters is 1. The van der Waals surface area contributed by atoms with Crippen molar-refractivity contribution in [2.24, 2.45) is 0 Å². The van der Waals surface area contributed by atoms with Crippen LogP contribution in [0, 0.1) is 6.92 Å². The molecule has 114 valence electrons. The van der Waals surface area contributed by atoms with Crippen LogP contribution in [0.2, 0.25) is 0 Å². The third-order valence-corrected chi connectivity index (χ3v) is 3.34. The topological polar surface area (TPSA) is 59.2 Å². The Morgan fingerprint density at radius 1 is 1.23 bits per heavy atom. The molecule has 2 rings (SSSR count). The molecule has 0 amide bonds. The van der Waals surface area contributed by atoms with Crippen molar-refractivity contribution in [3.8, 4) is 0 Å². The number of carbonyl (C=O) groups excluding carboxylic acids is 2. The molecule has 1 unspecified atom stereocenters. The summed E-state index contributed by atoms with van der Waals surface area (Å²) in [5.74, 6) is -0.737. The maximum Gasteiger partial charge on any atom is 0.331 e. The summed E-state index contributed by atoms with van der Waals surface area (Å²) in [6.07, 6.45) is 5.56. The highest BCUT2D eigenvalue weighted by Gasteiger charge is 2.23. The Balaban J connectivity index is 2.19. The molecule has 1 N–H and O–H groups in total. The quantitative estimate of drug-likeness (QED) is 0.396. The number of allylic oxidation sites excluding steroid dienone is 3. The van der Waals surface area contributed by atoms with Gasteiger partial charge in [0.05, 0.1) is 0 Å². The van der Waals surface area contributed by atoms with Crippen LogP contribution in [0.4, 0.5) is 0 Å². The number of para-hydroxylation sites is 1. The number of hydrogen-bond acceptors (Lipinski definition) is 3. The maximum absolute atomic E-state index is 12.6. The average molecular weight is 297 g/mol. The standard InChI is InChI=1S/C18H19NO3/c1-4-5-6-11-16(20)22-13(3)18(21)17-12(2)19-15-10-8-7-9-14(15)17/h4-11,13,19H,1-3H3/b5-4+,11-6+. The lowest BCUT2D eigenvalue weighted by Crippen LogP contribution is -2.24. The van der Waals surface area contributed by atoms with Gasteiger partial charge in [-0.15, -0.1) is 0 Å². The molecule has 4 nitrogen and oxygen atoms in total. The van der Waals surface area contributed by atoms with Crippen LogP contribution in [0.15, 0.2) is 48.6 Å². The number of carbonyl (C=O) groups is 2. The fourth-order valence-corrected chi connectivity index (χ4v) is 2.31. The normalized spacial score (nSPS) is 13.0. The lowest BCUT2D eigenvalue weighted by atomic mass is 10.0. The molecule has 0 aliphatic carbocycles. The summed E-state index contributed by atoms with van der Waals surface area (Å²) in [6.45, 7) is 5.28. The number of ketones is 1. The lowest BCUT2D eigenvalue weighted by molar-refractivity contribution is -0.140. The Kier molecular flexibility index (Phi) is 4.94. The van der Waals surface area contributed by atoms with Gasteiger partial charge in [0.1, 0.15) is 0 Å². The smallest absolute Gasteiger partial charge is 0.331 e. The van der Waals surface area contributed by atoms with Gasteiger partial charge >= 0.3 is 5.97 Å². The van der Waals surface area contributed by atoms with E-state index in [1.807, 2.05) is 38.1 Å². The second-order valence-electron chi connectivity index (χ2n) is 5.00. The van der Waals surface area contributed by atoms with Crippen molar-refractivity contribution in [2.45, 2.75) is 26.9 Å². The number of rotatable bonds is 5. The van der Waals surface area contributed by atoms with E-state index in [4.69, 9.17) is 4.74 Å².